The number of aliphatic hydroxyl groups excluding tert-OH is 5. The van der Waals surface area contributed by atoms with Crippen LogP contribution in [0.25, 0.3) is 0 Å². The van der Waals surface area contributed by atoms with Crippen LogP contribution in [-0.2, 0) is 23.7 Å². The van der Waals surface area contributed by atoms with Gasteiger partial charge < -0.3 is 65.0 Å². The van der Waals surface area contributed by atoms with Crippen LogP contribution in [0, 0.1) is 29.6 Å². The highest BCUT2D eigenvalue weighted by Crippen LogP contribution is 2.42. The zero-order valence-electron chi connectivity index (χ0n) is 30.3. The number of hydrogen-bond donors (Lipinski definition) is 8. The highest BCUT2D eigenvalue weighted by atomic mass is 16.6. The molecule has 0 aromatic heterocycles. The first-order chi connectivity index (χ1) is 24.1. The number of aliphatic hydroxyl groups is 5. The first-order valence-corrected chi connectivity index (χ1v) is 19.4. The summed E-state index contributed by atoms with van der Waals surface area (Å²) in [5.74, 6) is -0.996. The third-order valence-electron chi connectivity index (χ3n) is 12.2. The number of rotatable bonds is 19. The molecule has 4 rings (SSSR count). The van der Waals surface area contributed by atoms with Crippen molar-refractivity contribution >= 4 is 5.97 Å². The molecular formula is C36H68N3O11+. The van der Waals surface area contributed by atoms with E-state index in [9.17, 15) is 35.4 Å². The molecule has 50 heavy (non-hydrogen) atoms. The Morgan fingerprint density at radius 3 is 2.42 bits per heavy atom. The standard InChI is InChI=1S/C36H67N3O11/c1-3-38-27(23(17-34(44)45)12-22-8-10-39-33(37)14-22)19-48-32-16-24(15-31(47-2)35(32)46)36-26(9-11-40)29(43)18-25(50-36)6-4-21-5-7-28(42)30(13-21)49-20-41/h21-33,35-36,38-43,46H,3-20,37H2,1-2H3,(H,44,45)/p+1. The van der Waals surface area contributed by atoms with Crippen LogP contribution in [0.3, 0.4) is 0 Å². The van der Waals surface area contributed by atoms with Crippen LogP contribution in [0.1, 0.15) is 90.4 Å². The SMILES string of the molecule is CC[NH2+]C(COC1CC(C2OC(CCC3CCC(O)C(OCO)C3)CC(O)C2CCO)CC(OC)C1O)C(CC(=O)[O-])CC1CC[NH2+]C(N)C1. The Balaban J connectivity index is 1.43. The summed E-state index contributed by atoms with van der Waals surface area (Å²) in [6.45, 7) is 3.47. The minimum atomic E-state index is -1.08. The maximum Gasteiger partial charge on any atom is 0.144 e. The molecule has 0 spiro atoms. The average molecular weight is 719 g/mol. The van der Waals surface area contributed by atoms with Gasteiger partial charge in [-0.15, -0.1) is 0 Å². The topological polar surface area (TPSA) is 237 Å². The largest absolute Gasteiger partial charge is 0.550 e. The number of hydrogen-bond acceptors (Lipinski definition) is 12. The van der Waals surface area contributed by atoms with Crippen molar-refractivity contribution in [3.63, 3.8) is 0 Å². The predicted molar refractivity (Wildman–Crippen MR) is 180 cm³/mol. The molecule has 0 amide bonds. The number of methoxy groups -OCH3 is 1. The molecule has 0 aromatic rings. The van der Waals surface area contributed by atoms with Gasteiger partial charge in [0.05, 0.1) is 62.4 Å². The van der Waals surface area contributed by atoms with Crippen molar-refractivity contribution in [1.82, 2.24) is 0 Å². The maximum atomic E-state index is 11.9. The van der Waals surface area contributed by atoms with Gasteiger partial charge >= 0.3 is 0 Å². The molecule has 15 unspecified atom stereocenters. The number of likely N-dealkylation sites (N-methyl/N-ethyl adjacent to an activating group) is 1. The Morgan fingerprint density at radius 1 is 0.960 bits per heavy atom. The molecule has 4 fully saturated rings. The molecule has 0 bridgehead atoms. The number of nitrogens with two attached hydrogens (primary N) is 3. The highest BCUT2D eigenvalue weighted by Gasteiger charge is 2.48. The van der Waals surface area contributed by atoms with Crippen LogP contribution in [0.5, 0.6) is 0 Å². The molecule has 292 valence electrons. The van der Waals surface area contributed by atoms with Crippen molar-refractivity contribution in [3.05, 3.63) is 0 Å². The summed E-state index contributed by atoms with van der Waals surface area (Å²) >= 11 is 0. The molecule has 14 nitrogen and oxygen atoms in total. The van der Waals surface area contributed by atoms with Gasteiger partial charge in [-0.25, -0.2) is 0 Å². The van der Waals surface area contributed by atoms with Crippen LogP contribution in [0.15, 0.2) is 0 Å². The van der Waals surface area contributed by atoms with Gasteiger partial charge in [-0.1, -0.05) is 0 Å². The Labute approximate surface area is 297 Å². The number of ether oxygens (including phenoxy) is 4. The van der Waals surface area contributed by atoms with E-state index in [-0.39, 0.29) is 67.9 Å². The number of carbonyl (C=O) groups is 1. The van der Waals surface area contributed by atoms with Crippen molar-refractivity contribution in [2.45, 2.75) is 151 Å². The van der Waals surface area contributed by atoms with Gasteiger partial charge in [0.25, 0.3) is 0 Å². The van der Waals surface area contributed by atoms with Crippen molar-refractivity contribution in [3.8, 4) is 0 Å². The molecule has 0 aromatic carbocycles. The Hall–Kier alpha value is -1.01. The number of quaternary nitrogens is 2. The average Bonchev–Trinajstić information content (AvgIpc) is 3.08. The monoisotopic (exact) mass is 718 g/mol. The maximum absolute atomic E-state index is 11.9. The third kappa shape index (κ3) is 12.0. The summed E-state index contributed by atoms with van der Waals surface area (Å²) in [6.07, 6.45) is 3.91. The van der Waals surface area contributed by atoms with Gasteiger partial charge in [0, 0.05) is 37.9 Å². The van der Waals surface area contributed by atoms with E-state index in [4.69, 9.17) is 24.7 Å². The second kappa shape index (κ2) is 21.0. The van der Waals surface area contributed by atoms with Gasteiger partial charge in [0.15, 0.2) is 0 Å². The number of carboxylic acid groups (broad SMARTS) is 1. The molecule has 2 aliphatic carbocycles. The summed E-state index contributed by atoms with van der Waals surface area (Å²) in [6, 6.07) is -0.142. The second-order valence-electron chi connectivity index (χ2n) is 15.7. The fraction of sp³-hybridized carbons (Fsp3) is 0.972. The normalized spacial score (nSPS) is 39.6. The van der Waals surface area contributed by atoms with E-state index in [0.717, 1.165) is 51.6 Å². The van der Waals surface area contributed by atoms with Gasteiger partial charge in [0.2, 0.25) is 0 Å². The zero-order chi connectivity index (χ0) is 36.2. The highest BCUT2D eigenvalue weighted by molar-refractivity contribution is 5.64. The quantitative estimate of drug-likeness (QED) is 0.0638. The van der Waals surface area contributed by atoms with Crippen LogP contribution < -0.4 is 21.5 Å². The van der Waals surface area contributed by atoms with Gasteiger partial charge in [-0.3, -0.25) is 5.73 Å². The van der Waals surface area contributed by atoms with Crippen molar-refractivity contribution < 1.29 is 65.0 Å². The van der Waals surface area contributed by atoms with Crippen LogP contribution in [0.4, 0.5) is 0 Å². The van der Waals surface area contributed by atoms with E-state index in [1.807, 2.05) is 6.92 Å². The summed E-state index contributed by atoms with van der Waals surface area (Å²) in [4.78, 5) is 11.9. The van der Waals surface area contributed by atoms with Crippen molar-refractivity contribution in [2.75, 3.05) is 40.2 Å². The first-order valence-electron chi connectivity index (χ1n) is 19.4. The van der Waals surface area contributed by atoms with Gasteiger partial charge in [0.1, 0.15) is 25.1 Å². The van der Waals surface area contributed by atoms with E-state index in [1.165, 1.54) is 0 Å². The fourth-order valence-corrected chi connectivity index (χ4v) is 9.58. The van der Waals surface area contributed by atoms with Crippen LogP contribution >= 0.6 is 0 Å². The van der Waals surface area contributed by atoms with E-state index in [2.05, 4.69) is 10.6 Å². The van der Waals surface area contributed by atoms with E-state index >= 15 is 0 Å². The van der Waals surface area contributed by atoms with Crippen molar-refractivity contribution in [1.29, 1.82) is 0 Å². The molecule has 2 aliphatic heterocycles. The van der Waals surface area contributed by atoms with Crippen LogP contribution in [0.2, 0.25) is 0 Å². The molecule has 14 heteroatoms. The van der Waals surface area contributed by atoms with Gasteiger partial charge in [-0.2, -0.15) is 0 Å². The minimum absolute atomic E-state index is 0.0254. The molecule has 0 radical (unpaired) electrons. The summed E-state index contributed by atoms with van der Waals surface area (Å²) in [5.41, 5.74) is 6.21. The predicted octanol–water partition coefficient (Wildman–Crippen LogP) is -2.69. The Kier molecular flexibility index (Phi) is 17.6. The van der Waals surface area contributed by atoms with E-state index < -0.39 is 43.3 Å². The third-order valence-corrected chi connectivity index (χ3v) is 12.2. The molecule has 15 atom stereocenters. The number of piperidine rings is 1. The first kappa shape index (κ1) is 41.7. The Bertz CT molecular complexity index is 984. The molecule has 2 saturated heterocycles. The number of aliphatic carboxylic acids is 1. The molecule has 2 heterocycles. The lowest BCUT2D eigenvalue weighted by molar-refractivity contribution is -0.701. The second-order valence-corrected chi connectivity index (χ2v) is 15.7. The minimum Gasteiger partial charge on any atom is -0.550 e. The Morgan fingerprint density at radius 2 is 1.74 bits per heavy atom. The van der Waals surface area contributed by atoms with Crippen molar-refractivity contribution in [2.24, 2.45) is 35.3 Å². The summed E-state index contributed by atoms with van der Waals surface area (Å²) in [7, 11) is 1.57. The lowest BCUT2D eigenvalue weighted by Crippen LogP contribution is -2.94. The zero-order valence-corrected chi connectivity index (χ0v) is 30.3. The smallest absolute Gasteiger partial charge is 0.144 e. The lowest BCUT2D eigenvalue weighted by atomic mass is 9.72. The van der Waals surface area contributed by atoms with E-state index in [1.54, 1.807) is 7.11 Å². The molecular weight excluding hydrogens is 650 g/mol. The molecule has 4 aliphatic rings. The van der Waals surface area contributed by atoms with Crippen LogP contribution in [-0.4, -0.2) is 133 Å². The molecule has 2 saturated carbocycles. The molecule has 11 N–H and O–H groups in total. The van der Waals surface area contributed by atoms with E-state index in [0.29, 0.717) is 50.4 Å². The number of carboxylic acids is 1. The number of carbonyl (C=O) groups excluding carboxylic acids is 1. The fourth-order valence-electron chi connectivity index (χ4n) is 9.58. The van der Waals surface area contributed by atoms with Gasteiger partial charge in [-0.05, 0) is 102 Å². The summed E-state index contributed by atoms with van der Waals surface area (Å²) < 4.78 is 24.4. The summed E-state index contributed by atoms with van der Waals surface area (Å²) in [5, 5.41) is 68.3. The lowest BCUT2D eigenvalue weighted by Gasteiger charge is -2.48.